The molecule has 0 unspecified atom stereocenters. The fourth-order valence-electron chi connectivity index (χ4n) is 5.77. The first-order valence-electron chi connectivity index (χ1n) is 14.2. The van der Waals surface area contributed by atoms with Crippen LogP contribution in [0.4, 0.5) is 10.7 Å². The van der Waals surface area contributed by atoms with Gasteiger partial charge >= 0.3 is 0 Å². The second kappa shape index (κ2) is 11.4. The number of methoxy groups -OCH3 is 1. The maximum atomic E-state index is 13.8. The number of benzene rings is 3. The van der Waals surface area contributed by atoms with E-state index in [1.165, 1.54) is 4.88 Å². The van der Waals surface area contributed by atoms with Gasteiger partial charge in [0, 0.05) is 38.3 Å². The third-order valence-corrected chi connectivity index (χ3v) is 9.63. The Balaban J connectivity index is 1.46. The number of thiophene rings is 1. The number of carbonyl (C=O) groups is 1. The number of hydrogen-bond acceptors (Lipinski definition) is 4. The first-order chi connectivity index (χ1) is 20.2. The Morgan fingerprint density at radius 1 is 1.10 bits per heavy atom. The summed E-state index contributed by atoms with van der Waals surface area (Å²) in [5.41, 5.74) is 6.70. The molecule has 0 fully saturated rings. The van der Waals surface area contributed by atoms with E-state index in [9.17, 15) is 4.79 Å². The highest BCUT2D eigenvalue weighted by molar-refractivity contribution is 7.16. The number of carbonyl (C=O) groups excluding carboxylic acids is 1. The van der Waals surface area contributed by atoms with E-state index in [1.54, 1.807) is 30.6 Å². The molecular formula is C35H34ClN3O2S. The zero-order valence-electron chi connectivity index (χ0n) is 24.3. The molecule has 0 saturated carbocycles. The van der Waals surface area contributed by atoms with Crippen LogP contribution in [0.15, 0.2) is 77.8 Å². The van der Waals surface area contributed by atoms with Gasteiger partial charge < -0.3 is 15.0 Å². The van der Waals surface area contributed by atoms with Crippen LogP contribution in [0.25, 0.3) is 22.2 Å². The first-order valence-corrected chi connectivity index (χ1v) is 15.4. The lowest BCUT2D eigenvalue weighted by molar-refractivity contribution is 0.102. The predicted molar refractivity (Wildman–Crippen MR) is 176 cm³/mol. The second-order valence-electron chi connectivity index (χ2n) is 11.9. The van der Waals surface area contributed by atoms with Gasteiger partial charge in [0.05, 0.1) is 18.4 Å². The van der Waals surface area contributed by atoms with E-state index in [0.717, 1.165) is 63.3 Å². The van der Waals surface area contributed by atoms with E-state index in [2.05, 4.69) is 43.2 Å². The smallest absolute Gasteiger partial charge is 0.259 e. The summed E-state index contributed by atoms with van der Waals surface area (Å²) in [5, 5.41) is 5.47. The molecule has 1 aliphatic rings. The molecule has 2 heterocycles. The Kier molecular flexibility index (Phi) is 7.69. The van der Waals surface area contributed by atoms with Crippen LogP contribution in [0, 0.1) is 11.3 Å². The van der Waals surface area contributed by atoms with Gasteiger partial charge in [0.2, 0.25) is 0 Å². The molecule has 1 aliphatic carbocycles. The fraction of sp³-hybridized carbons (Fsp3) is 0.257. The minimum absolute atomic E-state index is 0.139. The number of fused-ring (bicyclic) bond motifs is 2. The highest BCUT2D eigenvalue weighted by Crippen LogP contribution is 2.45. The summed E-state index contributed by atoms with van der Waals surface area (Å²) in [6, 6.07) is 23.4. The van der Waals surface area contributed by atoms with Crippen LogP contribution in [-0.4, -0.2) is 24.2 Å². The van der Waals surface area contributed by atoms with E-state index in [4.69, 9.17) is 21.3 Å². The standard InChI is InChI=1S/C35H34ClN3O2S/c1-35(2,3)22-10-16-26-30(18-22)42-34(31(26)33(40)38-24-13-11-23(36)12-14-24)37-20-28-27-19-25(41-4)15-17-29(27)39-32(28)21-8-6-5-7-9-21/h5-9,11-15,17,19-20,22,39H,10,16,18H2,1-4H3,(H,38,40)/t22-/m1/s1. The molecule has 0 saturated heterocycles. The molecule has 6 rings (SSSR count). The van der Waals surface area contributed by atoms with Crippen molar-refractivity contribution in [3.63, 3.8) is 0 Å². The van der Waals surface area contributed by atoms with Crippen molar-refractivity contribution in [2.75, 3.05) is 12.4 Å². The molecule has 42 heavy (non-hydrogen) atoms. The van der Waals surface area contributed by atoms with Gasteiger partial charge in [0.1, 0.15) is 10.8 Å². The minimum atomic E-state index is -0.139. The zero-order chi connectivity index (χ0) is 29.4. The van der Waals surface area contributed by atoms with Gasteiger partial charge in [-0.3, -0.25) is 4.79 Å². The number of hydrogen-bond donors (Lipinski definition) is 2. The molecule has 5 aromatic rings. The molecule has 0 radical (unpaired) electrons. The van der Waals surface area contributed by atoms with E-state index in [0.29, 0.717) is 22.2 Å². The van der Waals surface area contributed by atoms with Crippen molar-refractivity contribution in [2.45, 2.75) is 40.0 Å². The molecule has 2 aromatic heterocycles. The van der Waals surface area contributed by atoms with Crippen molar-refractivity contribution in [3.8, 4) is 17.0 Å². The average molecular weight is 596 g/mol. The molecule has 0 bridgehead atoms. The highest BCUT2D eigenvalue weighted by atomic mass is 35.5. The van der Waals surface area contributed by atoms with Crippen LogP contribution in [0.5, 0.6) is 5.75 Å². The number of amides is 1. The Hall–Kier alpha value is -3.87. The normalized spacial score (nSPS) is 15.2. The largest absolute Gasteiger partial charge is 0.497 e. The monoisotopic (exact) mass is 595 g/mol. The third kappa shape index (κ3) is 5.61. The van der Waals surface area contributed by atoms with Crippen LogP contribution in [0.3, 0.4) is 0 Å². The first kappa shape index (κ1) is 28.3. The van der Waals surface area contributed by atoms with Gasteiger partial charge in [-0.2, -0.15) is 0 Å². The zero-order valence-corrected chi connectivity index (χ0v) is 25.8. The van der Waals surface area contributed by atoms with Gasteiger partial charge in [0.15, 0.2) is 0 Å². The Labute approximate surface area is 255 Å². The molecule has 5 nitrogen and oxygen atoms in total. The lowest BCUT2D eigenvalue weighted by Crippen LogP contribution is -2.27. The Bertz CT molecular complexity index is 1780. The number of aliphatic imine (C=N–C) groups is 1. The molecule has 0 spiro atoms. The summed E-state index contributed by atoms with van der Waals surface area (Å²) >= 11 is 7.73. The number of rotatable bonds is 6. The predicted octanol–water partition coefficient (Wildman–Crippen LogP) is 9.71. The maximum Gasteiger partial charge on any atom is 0.259 e. The topological polar surface area (TPSA) is 66.5 Å². The van der Waals surface area contributed by atoms with Crippen LogP contribution in [0.2, 0.25) is 5.02 Å². The summed E-state index contributed by atoms with van der Waals surface area (Å²) in [6.45, 7) is 6.92. The lowest BCUT2D eigenvalue weighted by atomic mass is 9.72. The summed E-state index contributed by atoms with van der Waals surface area (Å²) in [5.74, 6) is 1.19. The van der Waals surface area contributed by atoms with Crippen LogP contribution >= 0.6 is 22.9 Å². The lowest BCUT2D eigenvalue weighted by Gasteiger charge is -2.33. The number of anilines is 1. The van der Waals surface area contributed by atoms with Crippen molar-refractivity contribution < 1.29 is 9.53 Å². The van der Waals surface area contributed by atoms with E-state index >= 15 is 0 Å². The van der Waals surface area contributed by atoms with Gasteiger partial charge in [-0.25, -0.2) is 4.99 Å². The van der Waals surface area contributed by atoms with Crippen molar-refractivity contribution in [1.29, 1.82) is 0 Å². The molecule has 1 atom stereocenters. The molecule has 2 N–H and O–H groups in total. The number of aromatic nitrogens is 1. The Morgan fingerprint density at radius 2 is 1.86 bits per heavy atom. The van der Waals surface area contributed by atoms with E-state index < -0.39 is 0 Å². The maximum absolute atomic E-state index is 13.8. The molecule has 214 valence electrons. The van der Waals surface area contributed by atoms with Crippen molar-refractivity contribution in [2.24, 2.45) is 16.3 Å². The number of nitrogens with zero attached hydrogens (tertiary/aromatic N) is 1. The average Bonchev–Trinajstić information content (AvgIpc) is 3.54. The summed E-state index contributed by atoms with van der Waals surface area (Å²) in [4.78, 5) is 23.7. The number of nitrogens with one attached hydrogen (secondary N) is 2. The van der Waals surface area contributed by atoms with Crippen molar-refractivity contribution in [1.82, 2.24) is 4.98 Å². The summed E-state index contributed by atoms with van der Waals surface area (Å²) < 4.78 is 5.54. The SMILES string of the molecule is COc1ccc2[nH]c(-c3ccccc3)c(C=Nc3sc4c(c3C(=O)Nc3ccc(Cl)cc3)CC[C@@H](C(C)(C)C)C4)c2c1. The third-order valence-electron chi connectivity index (χ3n) is 8.22. The van der Waals surface area contributed by atoms with Gasteiger partial charge in [-0.05, 0) is 84.2 Å². The number of halogens is 1. The highest BCUT2D eigenvalue weighted by Gasteiger charge is 2.33. The summed E-state index contributed by atoms with van der Waals surface area (Å²) in [7, 11) is 1.67. The minimum Gasteiger partial charge on any atom is -0.497 e. The van der Waals surface area contributed by atoms with E-state index in [-0.39, 0.29) is 11.3 Å². The van der Waals surface area contributed by atoms with Gasteiger partial charge in [0.25, 0.3) is 5.91 Å². The van der Waals surface area contributed by atoms with Crippen LogP contribution in [0.1, 0.15) is 53.6 Å². The number of aromatic amines is 1. The number of ether oxygens (including phenoxy) is 1. The fourth-order valence-corrected chi connectivity index (χ4v) is 7.17. The van der Waals surface area contributed by atoms with E-state index in [1.807, 2.05) is 54.7 Å². The van der Waals surface area contributed by atoms with Crippen molar-refractivity contribution >= 4 is 56.7 Å². The van der Waals surface area contributed by atoms with Gasteiger partial charge in [-0.1, -0.05) is 62.7 Å². The molecule has 0 aliphatic heterocycles. The van der Waals surface area contributed by atoms with Crippen LogP contribution in [-0.2, 0) is 12.8 Å². The quantitative estimate of drug-likeness (QED) is 0.192. The van der Waals surface area contributed by atoms with Gasteiger partial charge in [-0.15, -0.1) is 11.3 Å². The van der Waals surface area contributed by atoms with Crippen LogP contribution < -0.4 is 10.1 Å². The summed E-state index contributed by atoms with van der Waals surface area (Å²) in [6.07, 6.45) is 4.78. The van der Waals surface area contributed by atoms with Crippen molar-refractivity contribution in [3.05, 3.63) is 99.4 Å². The Morgan fingerprint density at radius 3 is 2.57 bits per heavy atom. The molecule has 3 aromatic carbocycles. The molecule has 1 amide bonds. The second-order valence-corrected chi connectivity index (χ2v) is 13.4. The molecule has 7 heteroatoms. The number of H-pyrrole nitrogens is 1. The molecular weight excluding hydrogens is 562 g/mol.